The van der Waals surface area contributed by atoms with E-state index in [1.807, 2.05) is 25.1 Å². The first kappa shape index (κ1) is 11.9. The lowest BCUT2D eigenvalue weighted by Gasteiger charge is -2.26. The smallest absolute Gasteiger partial charge is 0.319 e. The van der Waals surface area contributed by atoms with Crippen LogP contribution in [0.15, 0.2) is 18.2 Å². The summed E-state index contributed by atoms with van der Waals surface area (Å²) in [5, 5.41) is 5.82. The Morgan fingerprint density at radius 2 is 2.24 bits per heavy atom. The Bertz CT molecular complexity index is 413. The number of benzene rings is 1. The van der Waals surface area contributed by atoms with Crippen LogP contribution in [0.5, 0.6) is 0 Å². The Morgan fingerprint density at radius 1 is 1.47 bits per heavy atom. The van der Waals surface area contributed by atoms with Crippen molar-refractivity contribution in [3.63, 3.8) is 0 Å². The number of hydrogen-bond donors (Lipinski definition) is 3. The molecule has 1 fully saturated rings. The molecule has 2 amide bonds. The van der Waals surface area contributed by atoms with Crippen LogP contribution in [-0.2, 0) is 6.54 Å². The number of carbonyl (C=O) groups excluding carboxylic acids is 1. The monoisotopic (exact) mass is 233 g/mol. The van der Waals surface area contributed by atoms with Gasteiger partial charge in [-0.25, -0.2) is 4.79 Å². The predicted molar refractivity (Wildman–Crippen MR) is 68.9 cm³/mol. The molecule has 0 aromatic heterocycles. The van der Waals surface area contributed by atoms with Crippen molar-refractivity contribution in [1.82, 2.24) is 5.32 Å². The van der Waals surface area contributed by atoms with Crippen molar-refractivity contribution in [2.45, 2.75) is 38.8 Å². The van der Waals surface area contributed by atoms with Crippen LogP contribution in [-0.4, -0.2) is 12.1 Å². The van der Waals surface area contributed by atoms with Crippen molar-refractivity contribution in [3.05, 3.63) is 29.3 Å². The quantitative estimate of drug-likeness (QED) is 0.748. The zero-order valence-corrected chi connectivity index (χ0v) is 10.1. The van der Waals surface area contributed by atoms with Gasteiger partial charge >= 0.3 is 6.03 Å². The van der Waals surface area contributed by atoms with Gasteiger partial charge in [0.1, 0.15) is 0 Å². The number of urea groups is 1. The fourth-order valence-electron chi connectivity index (χ4n) is 1.99. The molecule has 4 nitrogen and oxygen atoms in total. The van der Waals surface area contributed by atoms with Gasteiger partial charge in [-0.1, -0.05) is 12.1 Å². The molecule has 1 aromatic carbocycles. The molecule has 1 saturated carbocycles. The van der Waals surface area contributed by atoms with E-state index in [1.54, 1.807) is 0 Å². The molecule has 92 valence electrons. The van der Waals surface area contributed by atoms with Gasteiger partial charge in [-0.15, -0.1) is 0 Å². The molecule has 0 unspecified atom stereocenters. The third-order valence-electron chi connectivity index (χ3n) is 3.30. The summed E-state index contributed by atoms with van der Waals surface area (Å²) < 4.78 is 0. The van der Waals surface area contributed by atoms with Crippen molar-refractivity contribution < 1.29 is 4.79 Å². The first-order valence-electron chi connectivity index (χ1n) is 6.07. The van der Waals surface area contributed by atoms with Crippen molar-refractivity contribution >= 4 is 11.7 Å². The molecule has 4 heteroatoms. The Morgan fingerprint density at radius 3 is 2.82 bits per heavy atom. The number of rotatable bonds is 3. The van der Waals surface area contributed by atoms with Crippen LogP contribution >= 0.6 is 0 Å². The van der Waals surface area contributed by atoms with Gasteiger partial charge in [0.2, 0.25) is 0 Å². The summed E-state index contributed by atoms with van der Waals surface area (Å²) in [6.07, 6.45) is 3.39. The van der Waals surface area contributed by atoms with E-state index in [2.05, 4.69) is 10.6 Å². The summed E-state index contributed by atoms with van der Waals surface area (Å²) in [7, 11) is 0. The first-order valence-corrected chi connectivity index (χ1v) is 6.07. The van der Waals surface area contributed by atoms with Crippen molar-refractivity contribution in [1.29, 1.82) is 0 Å². The zero-order chi connectivity index (χ0) is 12.3. The van der Waals surface area contributed by atoms with Crippen LogP contribution in [0.3, 0.4) is 0 Å². The van der Waals surface area contributed by atoms with Crippen molar-refractivity contribution in [3.8, 4) is 0 Å². The summed E-state index contributed by atoms with van der Waals surface area (Å²) in [5.41, 5.74) is 8.61. The fourth-order valence-corrected chi connectivity index (χ4v) is 1.99. The molecule has 4 N–H and O–H groups in total. The molecule has 1 aliphatic carbocycles. The number of anilines is 1. The molecule has 1 aliphatic rings. The minimum atomic E-state index is -0.130. The summed E-state index contributed by atoms with van der Waals surface area (Å²) in [5.74, 6) is 0. The first-order chi connectivity index (χ1) is 8.20. The lowest BCUT2D eigenvalue weighted by molar-refractivity contribution is 0.240. The number of nitrogens with two attached hydrogens (primary N) is 1. The lowest BCUT2D eigenvalue weighted by atomic mass is 9.93. The third-order valence-corrected chi connectivity index (χ3v) is 3.30. The van der Waals surface area contributed by atoms with Gasteiger partial charge in [-0.2, -0.15) is 0 Å². The van der Waals surface area contributed by atoms with E-state index < -0.39 is 0 Å². The third kappa shape index (κ3) is 2.77. The highest BCUT2D eigenvalue weighted by Gasteiger charge is 2.19. The highest BCUT2D eigenvalue weighted by atomic mass is 16.2. The van der Waals surface area contributed by atoms with Crippen LogP contribution in [0.4, 0.5) is 10.5 Å². The number of amides is 2. The minimum Gasteiger partial charge on any atom is -0.335 e. The molecule has 0 aliphatic heterocycles. The second-order valence-electron chi connectivity index (χ2n) is 4.53. The molecule has 0 bridgehead atoms. The van der Waals surface area contributed by atoms with Crippen LogP contribution in [0, 0.1) is 6.92 Å². The number of hydrogen-bond acceptors (Lipinski definition) is 2. The standard InChI is InChI=1S/C13H19N3O/c1-9-4-2-7-12(11(9)8-14)16-13(17)15-10-5-3-6-10/h2,4,7,10H,3,5-6,8,14H2,1H3,(H2,15,16,17). The Hall–Kier alpha value is -1.55. The molecule has 0 atom stereocenters. The predicted octanol–water partition coefficient (Wildman–Crippen LogP) is 2.13. The van der Waals surface area contributed by atoms with Crippen LogP contribution in [0.2, 0.25) is 0 Å². The van der Waals surface area contributed by atoms with Crippen LogP contribution in [0.25, 0.3) is 0 Å². The number of nitrogens with one attached hydrogen (secondary N) is 2. The topological polar surface area (TPSA) is 67.2 Å². The Labute approximate surface area is 102 Å². The highest BCUT2D eigenvalue weighted by molar-refractivity contribution is 5.90. The molecule has 0 heterocycles. The van der Waals surface area contributed by atoms with Gasteiger partial charge in [-0.05, 0) is 43.4 Å². The van der Waals surface area contributed by atoms with Gasteiger partial charge in [0.15, 0.2) is 0 Å². The molecule has 0 spiro atoms. The number of carbonyl (C=O) groups is 1. The summed E-state index contributed by atoms with van der Waals surface area (Å²) in [4.78, 5) is 11.7. The van der Waals surface area contributed by atoms with E-state index in [1.165, 1.54) is 6.42 Å². The fraction of sp³-hybridized carbons (Fsp3) is 0.462. The Kier molecular flexibility index (Phi) is 3.64. The van der Waals surface area contributed by atoms with Crippen molar-refractivity contribution in [2.24, 2.45) is 5.73 Å². The summed E-state index contributed by atoms with van der Waals surface area (Å²) >= 11 is 0. The molecular weight excluding hydrogens is 214 g/mol. The van der Waals surface area contributed by atoms with E-state index in [-0.39, 0.29) is 6.03 Å². The van der Waals surface area contributed by atoms with Gasteiger partial charge < -0.3 is 16.4 Å². The SMILES string of the molecule is Cc1cccc(NC(=O)NC2CCC2)c1CN. The second-order valence-corrected chi connectivity index (χ2v) is 4.53. The molecule has 0 saturated heterocycles. The molecular formula is C13H19N3O. The van der Waals surface area contributed by atoms with Crippen LogP contribution < -0.4 is 16.4 Å². The van der Waals surface area contributed by atoms with E-state index in [4.69, 9.17) is 5.73 Å². The van der Waals surface area contributed by atoms with E-state index >= 15 is 0 Å². The minimum absolute atomic E-state index is 0.130. The lowest BCUT2D eigenvalue weighted by Crippen LogP contribution is -2.42. The normalized spacial score (nSPS) is 15.2. The van der Waals surface area contributed by atoms with Gasteiger partial charge in [-0.3, -0.25) is 0 Å². The van der Waals surface area contributed by atoms with Gasteiger partial charge in [0.25, 0.3) is 0 Å². The molecule has 1 aromatic rings. The van der Waals surface area contributed by atoms with Crippen molar-refractivity contribution in [2.75, 3.05) is 5.32 Å². The van der Waals surface area contributed by atoms with E-state index in [9.17, 15) is 4.79 Å². The maximum atomic E-state index is 11.7. The average molecular weight is 233 g/mol. The Balaban J connectivity index is 2.01. The average Bonchev–Trinajstić information content (AvgIpc) is 2.24. The van der Waals surface area contributed by atoms with Crippen LogP contribution in [0.1, 0.15) is 30.4 Å². The zero-order valence-electron chi connectivity index (χ0n) is 10.1. The molecule has 2 rings (SSSR count). The summed E-state index contributed by atoms with van der Waals surface area (Å²) in [6, 6.07) is 6.02. The van der Waals surface area contributed by atoms with Gasteiger partial charge in [0, 0.05) is 18.3 Å². The maximum absolute atomic E-state index is 11.7. The van der Waals surface area contributed by atoms with Gasteiger partial charge in [0.05, 0.1) is 0 Å². The second kappa shape index (κ2) is 5.19. The maximum Gasteiger partial charge on any atom is 0.319 e. The van der Waals surface area contributed by atoms with E-state index in [0.29, 0.717) is 12.6 Å². The largest absolute Gasteiger partial charge is 0.335 e. The molecule has 0 radical (unpaired) electrons. The molecule has 17 heavy (non-hydrogen) atoms. The van der Waals surface area contributed by atoms with E-state index in [0.717, 1.165) is 29.7 Å². The number of aryl methyl sites for hydroxylation is 1. The highest BCUT2D eigenvalue weighted by Crippen LogP contribution is 2.20. The summed E-state index contributed by atoms with van der Waals surface area (Å²) in [6.45, 7) is 2.43.